The molecule has 0 spiro atoms. The van der Waals surface area contributed by atoms with E-state index in [4.69, 9.17) is 5.11 Å². The predicted molar refractivity (Wildman–Crippen MR) is 72.2 cm³/mol. The van der Waals surface area contributed by atoms with E-state index in [0.29, 0.717) is 18.7 Å². The fourth-order valence-electron chi connectivity index (χ4n) is 1.92. The molecule has 0 radical (unpaired) electrons. The zero-order valence-electron chi connectivity index (χ0n) is 10.9. The van der Waals surface area contributed by atoms with Crippen molar-refractivity contribution in [1.82, 2.24) is 14.5 Å². The number of rotatable bonds is 5. The van der Waals surface area contributed by atoms with Crippen LogP contribution in [0.2, 0.25) is 0 Å². The number of aromatic nitrogens is 2. The highest BCUT2D eigenvalue weighted by atomic mass is 16.3. The molecule has 19 heavy (non-hydrogen) atoms. The first-order chi connectivity index (χ1) is 9.26. The second-order valence-electron chi connectivity index (χ2n) is 4.13. The van der Waals surface area contributed by atoms with Crippen LogP contribution in [0.15, 0.2) is 43.0 Å². The second-order valence-corrected chi connectivity index (χ2v) is 4.13. The number of imidazole rings is 1. The minimum atomic E-state index is -0.0708. The smallest absolute Gasteiger partial charge is 0.253 e. The average Bonchev–Trinajstić information content (AvgIpc) is 2.98. The molecule has 0 atom stereocenters. The average molecular weight is 259 g/mol. The molecule has 2 aromatic rings. The van der Waals surface area contributed by atoms with Crippen molar-refractivity contribution in [2.24, 2.45) is 0 Å². The minimum Gasteiger partial charge on any atom is -0.395 e. The van der Waals surface area contributed by atoms with Crippen molar-refractivity contribution in [3.8, 4) is 5.69 Å². The standard InChI is InChI=1S/C14H17N3O2/c1-2-16(8-9-18)14(19)12-4-3-5-13(10-12)17-7-6-15-11-17/h3-7,10-11,18H,2,8-9H2,1H3. The molecule has 0 saturated heterocycles. The van der Waals surface area contributed by atoms with E-state index < -0.39 is 0 Å². The van der Waals surface area contributed by atoms with E-state index in [9.17, 15) is 4.79 Å². The van der Waals surface area contributed by atoms with Gasteiger partial charge in [0.25, 0.3) is 5.91 Å². The van der Waals surface area contributed by atoms with Gasteiger partial charge in [-0.3, -0.25) is 4.79 Å². The lowest BCUT2D eigenvalue weighted by atomic mass is 10.1. The van der Waals surface area contributed by atoms with E-state index in [2.05, 4.69) is 4.98 Å². The van der Waals surface area contributed by atoms with Gasteiger partial charge in [-0.1, -0.05) is 6.07 Å². The van der Waals surface area contributed by atoms with Crippen LogP contribution < -0.4 is 0 Å². The maximum Gasteiger partial charge on any atom is 0.253 e. The number of benzene rings is 1. The highest BCUT2D eigenvalue weighted by molar-refractivity contribution is 5.94. The number of aliphatic hydroxyl groups is 1. The van der Waals surface area contributed by atoms with Gasteiger partial charge in [-0.2, -0.15) is 0 Å². The largest absolute Gasteiger partial charge is 0.395 e. The summed E-state index contributed by atoms with van der Waals surface area (Å²) in [5, 5.41) is 8.96. The van der Waals surface area contributed by atoms with Gasteiger partial charge in [0.1, 0.15) is 0 Å². The Morgan fingerprint density at radius 1 is 1.47 bits per heavy atom. The number of amides is 1. The molecule has 1 heterocycles. The van der Waals surface area contributed by atoms with Gasteiger partial charge in [0, 0.05) is 36.7 Å². The lowest BCUT2D eigenvalue weighted by Crippen LogP contribution is -2.33. The summed E-state index contributed by atoms with van der Waals surface area (Å²) in [6.45, 7) is 2.80. The highest BCUT2D eigenvalue weighted by Crippen LogP contribution is 2.12. The number of aliphatic hydroxyl groups excluding tert-OH is 1. The fraction of sp³-hybridized carbons (Fsp3) is 0.286. The molecular weight excluding hydrogens is 242 g/mol. The molecule has 1 aromatic carbocycles. The molecule has 0 fully saturated rings. The maximum atomic E-state index is 12.3. The number of nitrogens with zero attached hydrogens (tertiary/aromatic N) is 3. The Morgan fingerprint density at radius 2 is 2.32 bits per heavy atom. The van der Waals surface area contributed by atoms with E-state index in [-0.39, 0.29) is 12.5 Å². The van der Waals surface area contributed by atoms with Crippen LogP contribution in [0.3, 0.4) is 0 Å². The van der Waals surface area contributed by atoms with Gasteiger partial charge < -0.3 is 14.6 Å². The summed E-state index contributed by atoms with van der Waals surface area (Å²) in [4.78, 5) is 17.9. The van der Waals surface area contributed by atoms with Crippen molar-refractivity contribution < 1.29 is 9.90 Å². The van der Waals surface area contributed by atoms with E-state index in [0.717, 1.165) is 5.69 Å². The molecule has 100 valence electrons. The summed E-state index contributed by atoms with van der Waals surface area (Å²) < 4.78 is 1.85. The number of carbonyl (C=O) groups is 1. The monoisotopic (exact) mass is 259 g/mol. The zero-order chi connectivity index (χ0) is 13.7. The van der Waals surface area contributed by atoms with E-state index in [1.807, 2.05) is 35.9 Å². The molecule has 0 saturated carbocycles. The van der Waals surface area contributed by atoms with Crippen LogP contribution in [0.1, 0.15) is 17.3 Å². The summed E-state index contributed by atoms with van der Waals surface area (Å²) >= 11 is 0. The van der Waals surface area contributed by atoms with Crippen LogP contribution in [0.4, 0.5) is 0 Å². The third kappa shape index (κ3) is 3.00. The summed E-state index contributed by atoms with van der Waals surface area (Å²) in [7, 11) is 0. The first-order valence-corrected chi connectivity index (χ1v) is 6.24. The van der Waals surface area contributed by atoms with Gasteiger partial charge in [0.2, 0.25) is 0 Å². The normalized spacial score (nSPS) is 10.4. The van der Waals surface area contributed by atoms with Crippen LogP contribution in [-0.4, -0.2) is 45.2 Å². The molecule has 0 unspecified atom stereocenters. The van der Waals surface area contributed by atoms with Crippen molar-refractivity contribution in [3.05, 3.63) is 48.5 Å². The molecule has 5 nitrogen and oxygen atoms in total. The molecule has 0 bridgehead atoms. The molecule has 2 rings (SSSR count). The number of hydrogen-bond donors (Lipinski definition) is 1. The van der Waals surface area contributed by atoms with Crippen molar-refractivity contribution >= 4 is 5.91 Å². The predicted octanol–water partition coefficient (Wildman–Crippen LogP) is 1.33. The number of likely N-dealkylation sites (N-methyl/N-ethyl adjacent to an activating group) is 1. The van der Waals surface area contributed by atoms with Crippen molar-refractivity contribution in [1.29, 1.82) is 0 Å². The summed E-state index contributed by atoms with van der Waals surface area (Å²) in [6.07, 6.45) is 5.21. The van der Waals surface area contributed by atoms with Crippen LogP contribution in [0.25, 0.3) is 5.69 Å². The Morgan fingerprint density at radius 3 is 2.95 bits per heavy atom. The van der Waals surface area contributed by atoms with E-state index in [1.54, 1.807) is 23.5 Å². The van der Waals surface area contributed by atoms with Gasteiger partial charge in [-0.05, 0) is 25.1 Å². The van der Waals surface area contributed by atoms with E-state index >= 15 is 0 Å². The van der Waals surface area contributed by atoms with Crippen molar-refractivity contribution in [3.63, 3.8) is 0 Å². The molecule has 1 amide bonds. The number of carbonyl (C=O) groups excluding carboxylic acids is 1. The Hall–Kier alpha value is -2.14. The summed E-state index contributed by atoms with van der Waals surface area (Å²) in [6, 6.07) is 7.36. The van der Waals surface area contributed by atoms with Gasteiger partial charge >= 0.3 is 0 Å². The molecule has 0 aliphatic rings. The summed E-state index contributed by atoms with van der Waals surface area (Å²) in [5.41, 5.74) is 1.50. The quantitative estimate of drug-likeness (QED) is 0.881. The Bertz CT molecular complexity index is 537. The lowest BCUT2D eigenvalue weighted by Gasteiger charge is -2.20. The van der Waals surface area contributed by atoms with Crippen molar-refractivity contribution in [2.75, 3.05) is 19.7 Å². The van der Waals surface area contributed by atoms with Gasteiger partial charge in [-0.15, -0.1) is 0 Å². The third-order valence-corrected chi connectivity index (χ3v) is 2.93. The van der Waals surface area contributed by atoms with Crippen LogP contribution in [0, 0.1) is 0 Å². The second kappa shape index (κ2) is 6.15. The lowest BCUT2D eigenvalue weighted by molar-refractivity contribution is 0.0732. The van der Waals surface area contributed by atoms with Crippen LogP contribution in [-0.2, 0) is 0 Å². The maximum absolute atomic E-state index is 12.3. The number of hydrogen-bond acceptors (Lipinski definition) is 3. The Balaban J connectivity index is 2.25. The highest BCUT2D eigenvalue weighted by Gasteiger charge is 2.13. The fourth-order valence-corrected chi connectivity index (χ4v) is 1.92. The Kier molecular flexibility index (Phi) is 4.30. The summed E-state index contributed by atoms with van der Waals surface area (Å²) in [5.74, 6) is -0.0708. The topological polar surface area (TPSA) is 58.4 Å². The SMILES string of the molecule is CCN(CCO)C(=O)c1cccc(-n2ccnc2)c1. The molecule has 0 aliphatic heterocycles. The molecular formula is C14H17N3O2. The third-order valence-electron chi connectivity index (χ3n) is 2.93. The van der Waals surface area contributed by atoms with Crippen LogP contribution >= 0.6 is 0 Å². The van der Waals surface area contributed by atoms with Crippen molar-refractivity contribution in [2.45, 2.75) is 6.92 Å². The molecule has 1 aromatic heterocycles. The van der Waals surface area contributed by atoms with Gasteiger partial charge in [0.15, 0.2) is 0 Å². The first-order valence-electron chi connectivity index (χ1n) is 6.24. The zero-order valence-corrected chi connectivity index (χ0v) is 10.9. The van der Waals surface area contributed by atoms with E-state index in [1.165, 1.54) is 0 Å². The Labute approximate surface area is 112 Å². The van der Waals surface area contributed by atoms with Gasteiger partial charge in [-0.25, -0.2) is 4.98 Å². The first kappa shape index (κ1) is 13.3. The minimum absolute atomic E-state index is 0.0270. The molecule has 5 heteroatoms. The van der Waals surface area contributed by atoms with Crippen LogP contribution in [0.5, 0.6) is 0 Å². The molecule has 1 N–H and O–H groups in total. The van der Waals surface area contributed by atoms with Gasteiger partial charge in [0.05, 0.1) is 12.9 Å². The molecule has 0 aliphatic carbocycles.